The molecular weight excluding hydrogens is 326 g/mol. The van der Waals surface area contributed by atoms with E-state index in [-0.39, 0.29) is 6.54 Å². The van der Waals surface area contributed by atoms with Gasteiger partial charge < -0.3 is 14.6 Å². The number of carbonyl (C=O) groups is 1. The second-order valence-electron chi connectivity index (χ2n) is 4.15. The fourth-order valence-electron chi connectivity index (χ4n) is 1.85. The minimum atomic E-state index is -0.880. The van der Waals surface area contributed by atoms with Crippen LogP contribution in [0.1, 0.15) is 5.56 Å². The lowest BCUT2D eigenvalue weighted by Crippen LogP contribution is -2.29. The number of rotatable bonds is 8. The highest BCUT2D eigenvalue weighted by atomic mass is 79.9. The van der Waals surface area contributed by atoms with Crippen molar-refractivity contribution in [3.8, 4) is 11.5 Å². The average Bonchev–Trinajstić information content (AvgIpc) is 2.39. The van der Waals surface area contributed by atoms with Crippen molar-refractivity contribution in [3.05, 3.63) is 34.8 Å². The highest BCUT2D eigenvalue weighted by molar-refractivity contribution is 9.10. The first kappa shape index (κ1) is 16.5. The summed E-state index contributed by atoms with van der Waals surface area (Å²) in [5.74, 6) is 0.474. The average molecular weight is 344 g/mol. The van der Waals surface area contributed by atoms with Gasteiger partial charge in [-0.15, -0.1) is 6.58 Å². The van der Waals surface area contributed by atoms with E-state index in [1.54, 1.807) is 31.3 Å². The molecule has 0 bridgehead atoms. The zero-order valence-corrected chi connectivity index (χ0v) is 13.1. The van der Waals surface area contributed by atoms with Crippen LogP contribution in [0.5, 0.6) is 11.5 Å². The van der Waals surface area contributed by atoms with E-state index in [1.807, 2.05) is 6.07 Å². The molecule has 0 aliphatic rings. The van der Waals surface area contributed by atoms with Gasteiger partial charge in [-0.05, 0) is 28.1 Å². The second kappa shape index (κ2) is 7.91. The number of carboxylic acid groups (broad SMARTS) is 1. The van der Waals surface area contributed by atoms with Gasteiger partial charge in [-0.2, -0.15) is 0 Å². The summed E-state index contributed by atoms with van der Waals surface area (Å²) in [6.45, 7) is 4.50. The van der Waals surface area contributed by atoms with Gasteiger partial charge in [-0.1, -0.05) is 6.08 Å². The molecule has 0 heterocycles. The standard InChI is InChI=1S/C14H18BrNO4/c1-4-5-16(9-14(17)18)8-10-6-13(20-3)11(15)7-12(10)19-2/h4,6-7H,1,5,8-9H2,2-3H3,(H,17,18). The molecule has 20 heavy (non-hydrogen) atoms. The molecule has 1 N–H and O–H groups in total. The van der Waals surface area contributed by atoms with Gasteiger partial charge in [0.1, 0.15) is 11.5 Å². The Morgan fingerprint density at radius 3 is 2.55 bits per heavy atom. The van der Waals surface area contributed by atoms with Gasteiger partial charge in [0.25, 0.3) is 0 Å². The summed E-state index contributed by atoms with van der Waals surface area (Å²) in [7, 11) is 3.15. The maximum absolute atomic E-state index is 10.9. The van der Waals surface area contributed by atoms with E-state index in [2.05, 4.69) is 22.5 Å². The monoisotopic (exact) mass is 343 g/mol. The summed E-state index contributed by atoms with van der Waals surface area (Å²) in [4.78, 5) is 12.6. The third-order valence-corrected chi connectivity index (χ3v) is 3.31. The summed E-state index contributed by atoms with van der Waals surface area (Å²) in [5, 5.41) is 8.92. The lowest BCUT2D eigenvalue weighted by molar-refractivity contribution is -0.138. The molecule has 1 rings (SSSR count). The Hall–Kier alpha value is -1.53. The summed E-state index contributed by atoms with van der Waals surface area (Å²) in [6.07, 6.45) is 1.67. The van der Waals surface area contributed by atoms with Crippen molar-refractivity contribution in [2.75, 3.05) is 27.3 Å². The van der Waals surface area contributed by atoms with Crippen LogP contribution in [-0.2, 0) is 11.3 Å². The van der Waals surface area contributed by atoms with Gasteiger partial charge in [-0.3, -0.25) is 9.69 Å². The zero-order chi connectivity index (χ0) is 15.1. The van der Waals surface area contributed by atoms with Crippen molar-refractivity contribution in [1.82, 2.24) is 4.90 Å². The largest absolute Gasteiger partial charge is 0.496 e. The van der Waals surface area contributed by atoms with Crippen LogP contribution in [-0.4, -0.2) is 43.3 Å². The van der Waals surface area contributed by atoms with E-state index in [0.717, 1.165) is 10.0 Å². The van der Waals surface area contributed by atoms with Crippen LogP contribution >= 0.6 is 15.9 Å². The van der Waals surface area contributed by atoms with E-state index in [4.69, 9.17) is 14.6 Å². The number of nitrogens with zero attached hydrogens (tertiary/aromatic N) is 1. The number of aliphatic carboxylic acids is 1. The van der Waals surface area contributed by atoms with Crippen molar-refractivity contribution in [2.24, 2.45) is 0 Å². The van der Waals surface area contributed by atoms with Crippen molar-refractivity contribution in [3.63, 3.8) is 0 Å². The predicted octanol–water partition coefficient (Wildman–Crippen LogP) is 2.54. The fourth-order valence-corrected chi connectivity index (χ4v) is 2.33. The van der Waals surface area contributed by atoms with Crippen LogP contribution in [0.25, 0.3) is 0 Å². The number of ether oxygens (including phenoxy) is 2. The van der Waals surface area contributed by atoms with Crippen LogP contribution in [0.4, 0.5) is 0 Å². The summed E-state index contributed by atoms with van der Waals surface area (Å²) in [6, 6.07) is 3.64. The normalized spacial score (nSPS) is 10.4. The van der Waals surface area contributed by atoms with E-state index in [0.29, 0.717) is 24.6 Å². The maximum atomic E-state index is 10.9. The molecule has 0 spiro atoms. The van der Waals surface area contributed by atoms with E-state index in [1.165, 1.54) is 0 Å². The first-order valence-corrected chi connectivity index (χ1v) is 6.76. The Labute approximate surface area is 126 Å². The van der Waals surface area contributed by atoms with Crippen molar-refractivity contribution in [2.45, 2.75) is 6.54 Å². The molecule has 0 radical (unpaired) electrons. The first-order valence-electron chi connectivity index (χ1n) is 5.97. The number of methoxy groups -OCH3 is 2. The van der Waals surface area contributed by atoms with E-state index in [9.17, 15) is 4.79 Å². The van der Waals surface area contributed by atoms with Gasteiger partial charge >= 0.3 is 5.97 Å². The molecule has 0 atom stereocenters. The zero-order valence-electron chi connectivity index (χ0n) is 11.6. The van der Waals surface area contributed by atoms with E-state index >= 15 is 0 Å². The minimum absolute atomic E-state index is 0.0620. The van der Waals surface area contributed by atoms with E-state index < -0.39 is 5.97 Å². The smallest absolute Gasteiger partial charge is 0.317 e. The highest BCUT2D eigenvalue weighted by Crippen LogP contribution is 2.33. The molecule has 6 heteroatoms. The molecular formula is C14H18BrNO4. The number of hydrogen-bond donors (Lipinski definition) is 1. The second-order valence-corrected chi connectivity index (χ2v) is 5.00. The van der Waals surface area contributed by atoms with Crippen LogP contribution < -0.4 is 9.47 Å². The number of benzene rings is 1. The third-order valence-electron chi connectivity index (χ3n) is 2.69. The lowest BCUT2D eigenvalue weighted by Gasteiger charge is -2.20. The molecule has 0 saturated carbocycles. The molecule has 0 aliphatic heterocycles. The molecule has 0 unspecified atom stereocenters. The molecule has 5 nitrogen and oxygen atoms in total. The Balaban J connectivity index is 3.03. The minimum Gasteiger partial charge on any atom is -0.496 e. The van der Waals surface area contributed by atoms with Gasteiger partial charge in [0.15, 0.2) is 0 Å². The van der Waals surface area contributed by atoms with Gasteiger partial charge in [-0.25, -0.2) is 0 Å². The van der Waals surface area contributed by atoms with Crippen molar-refractivity contribution < 1.29 is 19.4 Å². The van der Waals surface area contributed by atoms with Crippen LogP contribution in [0.3, 0.4) is 0 Å². The Bertz CT molecular complexity index is 490. The van der Waals surface area contributed by atoms with Crippen LogP contribution in [0.15, 0.2) is 29.3 Å². The van der Waals surface area contributed by atoms with Crippen LogP contribution in [0, 0.1) is 0 Å². The summed E-state index contributed by atoms with van der Waals surface area (Å²) in [5.41, 5.74) is 0.857. The third kappa shape index (κ3) is 4.54. The van der Waals surface area contributed by atoms with Crippen LogP contribution in [0.2, 0.25) is 0 Å². The van der Waals surface area contributed by atoms with Crippen molar-refractivity contribution >= 4 is 21.9 Å². The fraction of sp³-hybridized carbons (Fsp3) is 0.357. The maximum Gasteiger partial charge on any atom is 0.317 e. The lowest BCUT2D eigenvalue weighted by atomic mass is 10.1. The summed E-state index contributed by atoms with van der Waals surface area (Å²) < 4.78 is 11.4. The molecule has 0 fully saturated rings. The molecule has 1 aromatic rings. The molecule has 0 saturated heterocycles. The predicted molar refractivity (Wildman–Crippen MR) is 80.4 cm³/mol. The summed E-state index contributed by atoms with van der Waals surface area (Å²) >= 11 is 3.39. The molecule has 110 valence electrons. The van der Waals surface area contributed by atoms with Gasteiger partial charge in [0.2, 0.25) is 0 Å². The first-order chi connectivity index (χ1) is 9.51. The topological polar surface area (TPSA) is 59.0 Å². The van der Waals surface area contributed by atoms with Crippen molar-refractivity contribution in [1.29, 1.82) is 0 Å². The van der Waals surface area contributed by atoms with Gasteiger partial charge in [0, 0.05) is 18.7 Å². The molecule has 0 aliphatic carbocycles. The SMILES string of the molecule is C=CCN(CC(=O)O)Cc1cc(OC)c(Br)cc1OC. The molecule has 0 amide bonds. The molecule has 0 aromatic heterocycles. The Morgan fingerprint density at radius 2 is 2.05 bits per heavy atom. The quantitative estimate of drug-likeness (QED) is 0.735. The molecule has 1 aromatic carbocycles. The number of halogens is 1. The highest BCUT2D eigenvalue weighted by Gasteiger charge is 2.14. The Morgan fingerprint density at radius 1 is 1.40 bits per heavy atom. The number of hydrogen-bond acceptors (Lipinski definition) is 4. The number of carboxylic acids is 1. The Kier molecular flexibility index (Phi) is 6.54. The van der Waals surface area contributed by atoms with Gasteiger partial charge in [0.05, 0.1) is 25.2 Å².